The molecule has 0 saturated carbocycles. The highest BCUT2D eigenvalue weighted by Crippen LogP contribution is 2.28. The van der Waals surface area contributed by atoms with Crippen molar-refractivity contribution >= 4 is 18.1 Å². The van der Waals surface area contributed by atoms with Gasteiger partial charge in [-0.1, -0.05) is 6.92 Å². The Morgan fingerprint density at radius 2 is 2.10 bits per heavy atom. The van der Waals surface area contributed by atoms with Gasteiger partial charge in [-0.2, -0.15) is 0 Å². The van der Waals surface area contributed by atoms with E-state index >= 15 is 0 Å². The molecule has 1 aromatic carbocycles. The minimum atomic E-state index is -0.415. The number of likely N-dealkylation sites (tertiary alicyclic amines) is 1. The molecule has 1 saturated heterocycles. The van der Waals surface area contributed by atoms with Gasteiger partial charge in [0.25, 0.3) is 5.69 Å². The maximum absolute atomic E-state index is 10.5. The normalized spacial score (nSPS) is 21.8. The highest BCUT2D eigenvalue weighted by Gasteiger charge is 2.31. The summed E-state index contributed by atoms with van der Waals surface area (Å²) in [5.74, 6) is 0.663. The average Bonchev–Trinajstić information content (AvgIpc) is 2.82. The highest BCUT2D eigenvalue weighted by atomic mass is 35.5. The zero-order valence-electron chi connectivity index (χ0n) is 12.2. The lowest BCUT2D eigenvalue weighted by atomic mass is 9.90. The lowest BCUT2D eigenvalue weighted by molar-refractivity contribution is -0.384. The van der Waals surface area contributed by atoms with Gasteiger partial charge in [0.15, 0.2) is 0 Å². The van der Waals surface area contributed by atoms with Crippen LogP contribution in [0.25, 0.3) is 0 Å². The first-order valence-corrected chi connectivity index (χ1v) is 6.82. The molecule has 21 heavy (non-hydrogen) atoms. The van der Waals surface area contributed by atoms with E-state index < -0.39 is 4.92 Å². The molecule has 118 valence electrons. The van der Waals surface area contributed by atoms with Crippen molar-refractivity contribution in [1.82, 2.24) is 4.90 Å². The molecule has 0 amide bonds. The summed E-state index contributed by atoms with van der Waals surface area (Å²) in [5.41, 5.74) is 6.08. The zero-order valence-corrected chi connectivity index (χ0v) is 13.0. The Kier molecular flexibility index (Phi) is 6.39. The van der Waals surface area contributed by atoms with Crippen LogP contribution >= 0.6 is 12.4 Å². The van der Waals surface area contributed by atoms with E-state index in [2.05, 4.69) is 11.8 Å². The smallest absolute Gasteiger partial charge is 0.269 e. The number of ether oxygens (including phenoxy) is 1. The minimum Gasteiger partial charge on any atom is -0.492 e. The molecule has 1 aromatic rings. The van der Waals surface area contributed by atoms with Crippen LogP contribution in [-0.4, -0.2) is 42.6 Å². The number of rotatable bonds is 6. The third kappa shape index (κ3) is 4.84. The van der Waals surface area contributed by atoms with E-state index in [1.807, 2.05) is 0 Å². The summed E-state index contributed by atoms with van der Waals surface area (Å²) in [7, 11) is 0. The molecule has 1 unspecified atom stereocenters. The van der Waals surface area contributed by atoms with Crippen molar-refractivity contribution in [2.75, 3.05) is 32.8 Å². The summed E-state index contributed by atoms with van der Waals surface area (Å²) >= 11 is 0. The lowest BCUT2D eigenvalue weighted by Crippen LogP contribution is -2.33. The van der Waals surface area contributed by atoms with Crippen LogP contribution in [0.1, 0.15) is 13.3 Å². The fourth-order valence-corrected chi connectivity index (χ4v) is 2.44. The second-order valence-electron chi connectivity index (χ2n) is 5.64. The maximum atomic E-state index is 10.5. The number of hydrogen-bond donors (Lipinski definition) is 1. The Bertz CT molecular complexity index is 469. The topological polar surface area (TPSA) is 81.6 Å². The first kappa shape index (κ1) is 17.7. The third-order valence-electron chi connectivity index (χ3n) is 3.85. The molecule has 2 rings (SSSR count). The quantitative estimate of drug-likeness (QED) is 0.642. The number of nitro groups is 1. The molecule has 6 nitrogen and oxygen atoms in total. The van der Waals surface area contributed by atoms with E-state index in [1.54, 1.807) is 12.1 Å². The van der Waals surface area contributed by atoms with Gasteiger partial charge < -0.3 is 10.5 Å². The summed E-state index contributed by atoms with van der Waals surface area (Å²) in [6, 6.07) is 6.17. The van der Waals surface area contributed by atoms with Gasteiger partial charge in [-0.25, -0.2) is 0 Å². The zero-order chi connectivity index (χ0) is 14.6. The van der Waals surface area contributed by atoms with Crippen molar-refractivity contribution in [1.29, 1.82) is 0 Å². The summed E-state index contributed by atoms with van der Waals surface area (Å²) < 4.78 is 5.61. The van der Waals surface area contributed by atoms with E-state index in [1.165, 1.54) is 12.1 Å². The first-order valence-electron chi connectivity index (χ1n) is 6.82. The van der Waals surface area contributed by atoms with Gasteiger partial charge in [0.05, 0.1) is 4.92 Å². The molecular weight excluding hydrogens is 294 g/mol. The largest absolute Gasteiger partial charge is 0.492 e. The van der Waals surface area contributed by atoms with Gasteiger partial charge >= 0.3 is 0 Å². The monoisotopic (exact) mass is 315 g/mol. The first-order chi connectivity index (χ1) is 9.52. The van der Waals surface area contributed by atoms with E-state index in [9.17, 15) is 10.1 Å². The van der Waals surface area contributed by atoms with Crippen LogP contribution in [0.2, 0.25) is 0 Å². The van der Waals surface area contributed by atoms with Crippen LogP contribution in [0.5, 0.6) is 5.75 Å². The van der Waals surface area contributed by atoms with E-state index in [0.717, 1.165) is 26.1 Å². The second-order valence-corrected chi connectivity index (χ2v) is 5.64. The van der Waals surface area contributed by atoms with E-state index in [4.69, 9.17) is 10.5 Å². The number of non-ortho nitro benzene ring substituents is 1. The Hall–Kier alpha value is -1.37. The van der Waals surface area contributed by atoms with Crippen molar-refractivity contribution in [3.8, 4) is 5.75 Å². The number of nitrogens with zero attached hydrogens (tertiary/aromatic N) is 2. The fourth-order valence-electron chi connectivity index (χ4n) is 2.44. The number of hydrogen-bond acceptors (Lipinski definition) is 5. The van der Waals surface area contributed by atoms with Crippen molar-refractivity contribution in [2.24, 2.45) is 11.1 Å². The average molecular weight is 316 g/mol. The molecule has 0 bridgehead atoms. The molecule has 1 heterocycles. The lowest BCUT2D eigenvalue weighted by Gasteiger charge is -2.22. The molecule has 0 radical (unpaired) electrons. The standard InChI is InChI=1S/C14H21N3O3.ClH/c1-14(10-15)6-7-16(11-14)8-9-20-13-4-2-12(3-5-13)17(18)19;/h2-5H,6-11,15H2,1H3;1H. The Labute approximate surface area is 130 Å². The number of nitrogens with two attached hydrogens (primary N) is 1. The van der Waals surface area contributed by atoms with Crippen LogP contribution < -0.4 is 10.5 Å². The fraction of sp³-hybridized carbons (Fsp3) is 0.571. The van der Waals surface area contributed by atoms with Crippen LogP contribution in [0, 0.1) is 15.5 Å². The van der Waals surface area contributed by atoms with Crippen molar-refractivity contribution in [3.63, 3.8) is 0 Å². The van der Waals surface area contributed by atoms with Crippen molar-refractivity contribution in [2.45, 2.75) is 13.3 Å². The number of benzene rings is 1. The molecule has 7 heteroatoms. The van der Waals surface area contributed by atoms with E-state index in [0.29, 0.717) is 18.9 Å². The van der Waals surface area contributed by atoms with Crippen molar-refractivity contribution < 1.29 is 9.66 Å². The number of halogens is 1. The van der Waals surface area contributed by atoms with Gasteiger partial charge in [0, 0.05) is 25.2 Å². The number of nitro benzene ring substituents is 1. The van der Waals surface area contributed by atoms with Gasteiger partial charge in [-0.05, 0) is 37.1 Å². The molecular formula is C14H22ClN3O3. The van der Waals surface area contributed by atoms with Crippen LogP contribution in [-0.2, 0) is 0 Å². The Morgan fingerprint density at radius 3 is 2.62 bits per heavy atom. The predicted octanol–water partition coefficient (Wildman–Crippen LogP) is 2.07. The second kappa shape index (κ2) is 7.59. The van der Waals surface area contributed by atoms with E-state index in [-0.39, 0.29) is 23.5 Å². The van der Waals surface area contributed by atoms with Crippen molar-refractivity contribution in [3.05, 3.63) is 34.4 Å². The molecule has 1 aliphatic heterocycles. The SMILES string of the molecule is CC1(CN)CCN(CCOc2ccc([N+](=O)[O-])cc2)C1.Cl. The molecule has 1 aliphatic rings. The Morgan fingerprint density at radius 1 is 1.43 bits per heavy atom. The third-order valence-corrected chi connectivity index (χ3v) is 3.85. The maximum Gasteiger partial charge on any atom is 0.269 e. The van der Waals surface area contributed by atoms with Crippen LogP contribution in [0.4, 0.5) is 5.69 Å². The van der Waals surface area contributed by atoms with Gasteiger partial charge in [0.2, 0.25) is 0 Å². The summed E-state index contributed by atoms with van der Waals surface area (Å²) in [6.07, 6.45) is 1.13. The van der Waals surface area contributed by atoms with Crippen LogP contribution in [0.15, 0.2) is 24.3 Å². The summed E-state index contributed by atoms with van der Waals surface area (Å²) in [6.45, 7) is 6.42. The van der Waals surface area contributed by atoms with Gasteiger partial charge in [-0.15, -0.1) is 12.4 Å². The van der Waals surface area contributed by atoms with Gasteiger partial charge in [0.1, 0.15) is 12.4 Å². The Balaban J connectivity index is 0.00000220. The molecule has 0 aromatic heterocycles. The van der Waals surface area contributed by atoms with Gasteiger partial charge in [-0.3, -0.25) is 15.0 Å². The molecule has 1 fully saturated rings. The van der Waals surface area contributed by atoms with Crippen LogP contribution in [0.3, 0.4) is 0 Å². The summed E-state index contributed by atoms with van der Waals surface area (Å²) in [5, 5.41) is 10.5. The predicted molar refractivity (Wildman–Crippen MR) is 84.1 cm³/mol. The minimum absolute atomic E-state index is 0. The molecule has 0 spiro atoms. The molecule has 1 atom stereocenters. The molecule has 0 aliphatic carbocycles. The highest BCUT2D eigenvalue weighted by molar-refractivity contribution is 5.85. The summed E-state index contributed by atoms with van der Waals surface area (Å²) in [4.78, 5) is 12.5. The molecule has 2 N–H and O–H groups in total.